The lowest BCUT2D eigenvalue weighted by Crippen LogP contribution is -2.10. The van der Waals surface area contributed by atoms with Crippen LogP contribution in [0.2, 0.25) is 0 Å². The number of rotatable bonds is 6. The van der Waals surface area contributed by atoms with E-state index in [9.17, 15) is 4.79 Å². The highest BCUT2D eigenvalue weighted by molar-refractivity contribution is 5.98. The van der Waals surface area contributed by atoms with E-state index in [1.807, 2.05) is 74.0 Å². The summed E-state index contributed by atoms with van der Waals surface area (Å²) in [5, 5.41) is 0. The molecule has 110 valence electrons. The maximum absolute atomic E-state index is 12.1. The minimum Gasteiger partial charge on any atom is -0.369 e. The number of benzene rings is 1. The summed E-state index contributed by atoms with van der Waals surface area (Å²) in [7, 11) is 1.96. The molecule has 1 heterocycles. The number of carbonyl (C=O) groups is 1. The van der Waals surface area contributed by atoms with Gasteiger partial charge in [-0.3, -0.25) is 4.79 Å². The molecule has 0 saturated heterocycles. The van der Waals surface area contributed by atoms with Crippen LogP contribution in [-0.4, -0.2) is 23.6 Å². The van der Waals surface area contributed by atoms with Crippen LogP contribution in [-0.2, 0) is 11.8 Å². The Morgan fingerprint density at radius 1 is 1.24 bits per heavy atom. The minimum atomic E-state index is 0.0318. The quantitative estimate of drug-likeness (QED) is 0.599. The Balaban J connectivity index is 1.82. The monoisotopic (exact) mass is 283 g/mol. The molecule has 3 nitrogen and oxygen atoms in total. The molecule has 2 rings (SSSR count). The molecule has 0 atom stereocenters. The molecule has 0 saturated carbocycles. The van der Waals surface area contributed by atoms with Gasteiger partial charge in [0.1, 0.15) is 6.61 Å². The Hall–Kier alpha value is -2.13. The Morgan fingerprint density at radius 2 is 1.95 bits per heavy atom. The summed E-state index contributed by atoms with van der Waals surface area (Å²) in [6.45, 7) is 4.50. The smallest absolute Gasteiger partial charge is 0.190 e. The predicted octanol–water partition coefficient (Wildman–Crippen LogP) is 3.55. The normalized spacial score (nSPS) is 11.2. The Kier molecular flexibility index (Phi) is 5.12. The first-order valence-corrected chi connectivity index (χ1v) is 7.05. The summed E-state index contributed by atoms with van der Waals surface area (Å²) in [6.07, 6.45) is 3.91. The van der Waals surface area contributed by atoms with Crippen LogP contribution in [0, 0.1) is 13.8 Å². The minimum absolute atomic E-state index is 0.0318. The standard InChI is InChI=1S/C18H21NO2/c1-14-12-17(15(2)19(14)3)18(20)13-21-11-7-10-16-8-5-4-6-9-16/h4-10,12H,11,13H2,1-3H3. The van der Waals surface area contributed by atoms with Crippen molar-refractivity contribution >= 4 is 11.9 Å². The molecule has 0 aliphatic rings. The van der Waals surface area contributed by atoms with E-state index in [2.05, 4.69) is 0 Å². The van der Waals surface area contributed by atoms with E-state index >= 15 is 0 Å². The van der Waals surface area contributed by atoms with E-state index in [1.54, 1.807) is 0 Å². The van der Waals surface area contributed by atoms with Gasteiger partial charge in [0.05, 0.1) is 6.61 Å². The molecule has 1 aromatic carbocycles. The summed E-state index contributed by atoms with van der Waals surface area (Å²) >= 11 is 0. The molecule has 0 unspecified atom stereocenters. The second-order valence-electron chi connectivity index (χ2n) is 5.10. The summed E-state index contributed by atoms with van der Waals surface area (Å²) in [4.78, 5) is 12.1. The van der Waals surface area contributed by atoms with Gasteiger partial charge < -0.3 is 9.30 Å². The van der Waals surface area contributed by atoms with Gasteiger partial charge >= 0.3 is 0 Å². The van der Waals surface area contributed by atoms with Crippen molar-refractivity contribution in [3.05, 3.63) is 65.0 Å². The molecule has 3 heteroatoms. The number of Topliss-reactive ketones (excluding diaryl/α,β-unsaturated/α-hetero) is 1. The lowest BCUT2D eigenvalue weighted by molar-refractivity contribution is 0.0806. The number of nitrogens with zero attached hydrogens (tertiary/aromatic N) is 1. The van der Waals surface area contributed by atoms with Crippen LogP contribution >= 0.6 is 0 Å². The first kappa shape index (κ1) is 15.3. The zero-order valence-corrected chi connectivity index (χ0v) is 12.8. The first-order valence-electron chi connectivity index (χ1n) is 7.05. The van der Waals surface area contributed by atoms with Crippen molar-refractivity contribution in [1.29, 1.82) is 0 Å². The summed E-state index contributed by atoms with van der Waals surface area (Å²) in [5.74, 6) is 0.0318. The van der Waals surface area contributed by atoms with Crippen LogP contribution in [0.15, 0.2) is 42.5 Å². The van der Waals surface area contributed by atoms with E-state index in [4.69, 9.17) is 4.74 Å². The second-order valence-corrected chi connectivity index (χ2v) is 5.10. The second kappa shape index (κ2) is 7.04. The molecule has 0 spiro atoms. The average Bonchev–Trinajstić information content (AvgIpc) is 2.75. The van der Waals surface area contributed by atoms with E-state index in [0.29, 0.717) is 6.61 Å². The maximum Gasteiger partial charge on any atom is 0.190 e. The molecule has 0 amide bonds. The summed E-state index contributed by atoms with van der Waals surface area (Å²) in [6, 6.07) is 11.9. The molecule has 2 aromatic rings. The van der Waals surface area contributed by atoms with Crippen LogP contribution in [0.1, 0.15) is 27.3 Å². The van der Waals surface area contributed by atoms with E-state index in [0.717, 1.165) is 22.5 Å². The highest BCUT2D eigenvalue weighted by Gasteiger charge is 2.13. The molecule has 0 N–H and O–H groups in total. The third-order valence-corrected chi connectivity index (χ3v) is 3.63. The van der Waals surface area contributed by atoms with Gasteiger partial charge in [0.25, 0.3) is 0 Å². The number of aryl methyl sites for hydroxylation is 1. The van der Waals surface area contributed by atoms with Gasteiger partial charge in [-0.25, -0.2) is 0 Å². The molecule has 0 bridgehead atoms. The van der Waals surface area contributed by atoms with Gasteiger partial charge in [0.2, 0.25) is 0 Å². The Labute approximate surface area is 125 Å². The molecule has 1 aromatic heterocycles. The molecule has 21 heavy (non-hydrogen) atoms. The molecule has 0 aliphatic carbocycles. The van der Waals surface area contributed by atoms with Crippen molar-refractivity contribution < 1.29 is 9.53 Å². The molecule has 0 radical (unpaired) electrons. The van der Waals surface area contributed by atoms with Gasteiger partial charge in [-0.1, -0.05) is 42.5 Å². The summed E-state index contributed by atoms with van der Waals surface area (Å²) in [5.41, 5.74) is 3.95. The van der Waals surface area contributed by atoms with Crippen LogP contribution < -0.4 is 0 Å². The zero-order valence-electron chi connectivity index (χ0n) is 12.8. The molecular formula is C18H21NO2. The molecule has 0 aliphatic heterocycles. The van der Waals surface area contributed by atoms with Crippen molar-refractivity contribution in [2.24, 2.45) is 7.05 Å². The van der Waals surface area contributed by atoms with Crippen LogP contribution in [0.3, 0.4) is 0 Å². The Bertz CT molecular complexity index is 639. The van der Waals surface area contributed by atoms with Crippen LogP contribution in [0.4, 0.5) is 0 Å². The van der Waals surface area contributed by atoms with Crippen molar-refractivity contribution in [1.82, 2.24) is 4.57 Å². The highest BCUT2D eigenvalue weighted by atomic mass is 16.5. The van der Waals surface area contributed by atoms with Gasteiger partial charge in [-0.15, -0.1) is 0 Å². The number of hydrogen-bond donors (Lipinski definition) is 0. The van der Waals surface area contributed by atoms with Gasteiger partial charge in [0.15, 0.2) is 5.78 Å². The van der Waals surface area contributed by atoms with Crippen molar-refractivity contribution in [3.8, 4) is 0 Å². The van der Waals surface area contributed by atoms with Crippen LogP contribution in [0.5, 0.6) is 0 Å². The van der Waals surface area contributed by atoms with E-state index < -0.39 is 0 Å². The zero-order chi connectivity index (χ0) is 15.2. The van der Waals surface area contributed by atoms with Gasteiger partial charge in [-0.2, -0.15) is 0 Å². The average molecular weight is 283 g/mol. The first-order chi connectivity index (χ1) is 10.1. The predicted molar refractivity (Wildman–Crippen MR) is 85.5 cm³/mol. The molecule has 0 fully saturated rings. The third-order valence-electron chi connectivity index (χ3n) is 3.63. The Morgan fingerprint density at radius 3 is 2.57 bits per heavy atom. The fourth-order valence-corrected chi connectivity index (χ4v) is 2.18. The van der Waals surface area contributed by atoms with Gasteiger partial charge in [0, 0.05) is 24.0 Å². The lowest BCUT2D eigenvalue weighted by Gasteiger charge is -2.02. The lowest BCUT2D eigenvalue weighted by atomic mass is 10.1. The van der Waals surface area contributed by atoms with Crippen molar-refractivity contribution in [2.45, 2.75) is 13.8 Å². The topological polar surface area (TPSA) is 31.2 Å². The fraction of sp³-hybridized carbons (Fsp3) is 0.278. The fourth-order valence-electron chi connectivity index (χ4n) is 2.18. The van der Waals surface area contributed by atoms with Crippen molar-refractivity contribution in [2.75, 3.05) is 13.2 Å². The van der Waals surface area contributed by atoms with Gasteiger partial charge in [-0.05, 0) is 25.5 Å². The summed E-state index contributed by atoms with van der Waals surface area (Å²) < 4.78 is 7.45. The van der Waals surface area contributed by atoms with Crippen molar-refractivity contribution in [3.63, 3.8) is 0 Å². The SMILES string of the molecule is Cc1cc(C(=O)COCC=Cc2ccccc2)c(C)n1C. The number of carbonyl (C=O) groups excluding carboxylic acids is 1. The number of hydrogen-bond acceptors (Lipinski definition) is 2. The molecular weight excluding hydrogens is 262 g/mol. The highest BCUT2D eigenvalue weighted by Crippen LogP contribution is 2.13. The van der Waals surface area contributed by atoms with E-state index in [-0.39, 0.29) is 12.4 Å². The third kappa shape index (κ3) is 3.92. The number of ketones is 1. The largest absolute Gasteiger partial charge is 0.369 e. The van der Waals surface area contributed by atoms with E-state index in [1.165, 1.54) is 0 Å². The maximum atomic E-state index is 12.1. The van der Waals surface area contributed by atoms with Crippen LogP contribution in [0.25, 0.3) is 6.08 Å². The number of ether oxygens (including phenoxy) is 1. The number of aromatic nitrogens is 1.